The minimum Gasteiger partial charge on any atom is -0.143 e. The Morgan fingerprint density at radius 2 is 2.06 bits per heavy atom. The van der Waals surface area contributed by atoms with E-state index in [0.717, 1.165) is 5.02 Å². The third kappa shape index (κ3) is 2.58. The van der Waals surface area contributed by atoms with Gasteiger partial charge in [0.25, 0.3) is 0 Å². The Balaban J connectivity index is 2.12. The van der Waals surface area contributed by atoms with Crippen molar-refractivity contribution in [2.24, 2.45) is 0 Å². The van der Waals surface area contributed by atoms with Crippen LogP contribution in [0, 0.1) is 0 Å². The summed E-state index contributed by atoms with van der Waals surface area (Å²) in [6.45, 7) is 2.25. The lowest BCUT2D eigenvalue weighted by Gasteiger charge is -2.01. The van der Waals surface area contributed by atoms with Gasteiger partial charge in [0.05, 0.1) is 0 Å². The quantitative estimate of drug-likeness (QED) is 0.601. The van der Waals surface area contributed by atoms with Gasteiger partial charge in [0.15, 0.2) is 0 Å². The molecule has 0 N–H and O–H groups in total. The fourth-order valence-electron chi connectivity index (χ4n) is 2.03. The highest BCUT2D eigenvalue weighted by Gasteiger charge is 2.06. The number of benzene rings is 1. The van der Waals surface area contributed by atoms with Crippen molar-refractivity contribution in [1.82, 2.24) is 0 Å². The second-order valence-electron chi connectivity index (χ2n) is 4.18. The first-order chi connectivity index (χ1) is 7.83. The molecule has 0 radical (unpaired) electrons. The number of unbranched alkanes of at least 4 members (excludes halogenated alkanes) is 3. The topological polar surface area (TPSA) is 0 Å². The maximum Gasteiger partial charge on any atom is 0.0495 e. The Labute approximate surface area is 106 Å². The summed E-state index contributed by atoms with van der Waals surface area (Å²) < 4.78 is 1.32. The Hall–Kier alpha value is -0.530. The molecule has 1 aromatic heterocycles. The molecule has 0 aliphatic rings. The maximum absolute atomic E-state index is 6.25. The predicted octanol–water partition coefficient (Wildman–Crippen LogP) is 5.68. The lowest BCUT2D eigenvalue weighted by Crippen LogP contribution is -1.84. The number of rotatable bonds is 5. The second-order valence-corrected chi connectivity index (χ2v) is 5.50. The van der Waals surface area contributed by atoms with E-state index in [4.69, 9.17) is 11.6 Å². The highest BCUT2D eigenvalue weighted by atomic mass is 35.5. The molecule has 1 heterocycles. The minimum absolute atomic E-state index is 0.907. The van der Waals surface area contributed by atoms with Crippen LogP contribution in [-0.2, 0) is 6.42 Å². The molecule has 2 rings (SSSR count). The van der Waals surface area contributed by atoms with Crippen LogP contribution < -0.4 is 0 Å². The summed E-state index contributed by atoms with van der Waals surface area (Å²) >= 11 is 8.06. The molecule has 0 unspecified atom stereocenters. The molecule has 0 aliphatic carbocycles. The van der Waals surface area contributed by atoms with Crippen LogP contribution in [0.25, 0.3) is 10.1 Å². The third-order valence-electron chi connectivity index (χ3n) is 2.92. The molecule has 1 aromatic carbocycles. The molecule has 86 valence electrons. The molecule has 0 spiro atoms. The van der Waals surface area contributed by atoms with E-state index in [9.17, 15) is 0 Å². The molecule has 2 aromatic rings. The summed E-state index contributed by atoms with van der Waals surface area (Å²) in [4.78, 5) is 0. The molecule has 0 fully saturated rings. The number of hydrogen-bond donors (Lipinski definition) is 0. The first-order valence-corrected chi connectivity index (χ1v) is 7.23. The van der Waals surface area contributed by atoms with Crippen molar-refractivity contribution in [3.8, 4) is 0 Å². The SMILES string of the molecule is CCCCCCc1csc2cccc(Cl)c12. The van der Waals surface area contributed by atoms with Crippen molar-refractivity contribution in [2.75, 3.05) is 0 Å². The van der Waals surface area contributed by atoms with Gasteiger partial charge in [-0.1, -0.05) is 43.9 Å². The van der Waals surface area contributed by atoms with E-state index in [-0.39, 0.29) is 0 Å². The Bertz CT molecular complexity index is 459. The van der Waals surface area contributed by atoms with E-state index in [0.29, 0.717) is 0 Å². The normalized spacial score (nSPS) is 11.1. The largest absolute Gasteiger partial charge is 0.143 e. The molecule has 0 nitrogen and oxygen atoms in total. The van der Waals surface area contributed by atoms with Gasteiger partial charge in [0.2, 0.25) is 0 Å². The van der Waals surface area contributed by atoms with Crippen LogP contribution in [0.5, 0.6) is 0 Å². The van der Waals surface area contributed by atoms with Crippen LogP contribution in [0.2, 0.25) is 5.02 Å². The summed E-state index contributed by atoms with van der Waals surface area (Å²) in [5.74, 6) is 0. The predicted molar refractivity (Wildman–Crippen MR) is 74.7 cm³/mol. The van der Waals surface area contributed by atoms with Crippen molar-refractivity contribution >= 4 is 33.0 Å². The zero-order valence-electron chi connectivity index (χ0n) is 9.63. The van der Waals surface area contributed by atoms with E-state index < -0.39 is 0 Å². The van der Waals surface area contributed by atoms with E-state index >= 15 is 0 Å². The Morgan fingerprint density at radius 1 is 1.19 bits per heavy atom. The second kappa shape index (κ2) is 5.70. The van der Waals surface area contributed by atoms with E-state index in [1.54, 1.807) is 0 Å². The van der Waals surface area contributed by atoms with Crippen LogP contribution in [0.15, 0.2) is 23.6 Å². The summed E-state index contributed by atoms with van der Waals surface area (Å²) in [5.41, 5.74) is 1.43. The summed E-state index contributed by atoms with van der Waals surface area (Å²) in [6, 6.07) is 6.18. The molecular weight excluding hydrogens is 236 g/mol. The number of hydrogen-bond acceptors (Lipinski definition) is 1. The van der Waals surface area contributed by atoms with Crippen LogP contribution in [-0.4, -0.2) is 0 Å². The molecule has 0 saturated heterocycles. The van der Waals surface area contributed by atoms with Gasteiger partial charge < -0.3 is 0 Å². The van der Waals surface area contributed by atoms with Crippen molar-refractivity contribution in [1.29, 1.82) is 0 Å². The first-order valence-electron chi connectivity index (χ1n) is 5.97. The van der Waals surface area contributed by atoms with E-state index in [2.05, 4.69) is 18.4 Å². The number of halogens is 1. The summed E-state index contributed by atoms with van der Waals surface area (Å²) in [6.07, 6.45) is 6.42. The van der Waals surface area contributed by atoms with Crippen molar-refractivity contribution in [3.63, 3.8) is 0 Å². The van der Waals surface area contributed by atoms with Gasteiger partial charge in [0.1, 0.15) is 0 Å². The van der Waals surface area contributed by atoms with Crippen LogP contribution in [0.3, 0.4) is 0 Å². The number of aryl methyl sites for hydroxylation is 1. The first kappa shape index (κ1) is 11.9. The number of thiophene rings is 1. The Kier molecular flexibility index (Phi) is 4.25. The zero-order chi connectivity index (χ0) is 11.4. The molecule has 0 saturated carbocycles. The van der Waals surface area contributed by atoms with Gasteiger partial charge in [-0.15, -0.1) is 11.3 Å². The summed E-state index contributed by atoms with van der Waals surface area (Å²) in [7, 11) is 0. The fraction of sp³-hybridized carbons (Fsp3) is 0.429. The highest BCUT2D eigenvalue weighted by molar-refractivity contribution is 7.17. The van der Waals surface area contributed by atoms with Gasteiger partial charge in [-0.2, -0.15) is 0 Å². The zero-order valence-corrected chi connectivity index (χ0v) is 11.2. The molecule has 16 heavy (non-hydrogen) atoms. The van der Waals surface area contributed by atoms with Crippen molar-refractivity contribution < 1.29 is 0 Å². The van der Waals surface area contributed by atoms with Crippen molar-refractivity contribution in [2.45, 2.75) is 39.0 Å². The molecule has 0 atom stereocenters. The van der Waals surface area contributed by atoms with Crippen LogP contribution in [0.4, 0.5) is 0 Å². The molecule has 0 amide bonds. The molecule has 0 aliphatic heterocycles. The van der Waals surface area contributed by atoms with Gasteiger partial charge in [0, 0.05) is 15.1 Å². The third-order valence-corrected chi connectivity index (χ3v) is 4.24. The average molecular weight is 253 g/mol. The fourth-order valence-corrected chi connectivity index (χ4v) is 3.41. The average Bonchev–Trinajstić information content (AvgIpc) is 2.69. The molecular formula is C14H17ClS. The van der Waals surface area contributed by atoms with Gasteiger partial charge in [-0.05, 0) is 35.9 Å². The summed E-state index contributed by atoms with van der Waals surface area (Å²) in [5, 5.41) is 4.46. The van der Waals surface area contributed by atoms with Crippen LogP contribution >= 0.6 is 22.9 Å². The van der Waals surface area contributed by atoms with Crippen LogP contribution in [0.1, 0.15) is 38.2 Å². The van der Waals surface area contributed by atoms with Crippen molar-refractivity contribution in [3.05, 3.63) is 34.2 Å². The highest BCUT2D eigenvalue weighted by Crippen LogP contribution is 2.32. The van der Waals surface area contributed by atoms with Gasteiger partial charge in [-0.25, -0.2) is 0 Å². The monoisotopic (exact) mass is 252 g/mol. The smallest absolute Gasteiger partial charge is 0.0495 e. The number of fused-ring (bicyclic) bond motifs is 1. The lowest BCUT2D eigenvalue weighted by molar-refractivity contribution is 0.669. The molecule has 0 bridgehead atoms. The Morgan fingerprint density at radius 3 is 2.88 bits per heavy atom. The van der Waals surface area contributed by atoms with E-state index in [1.165, 1.54) is 47.8 Å². The lowest BCUT2D eigenvalue weighted by atomic mass is 10.1. The van der Waals surface area contributed by atoms with E-state index in [1.807, 2.05) is 23.5 Å². The van der Waals surface area contributed by atoms with Gasteiger partial charge >= 0.3 is 0 Å². The van der Waals surface area contributed by atoms with Gasteiger partial charge in [-0.3, -0.25) is 0 Å². The standard InChI is InChI=1S/C14H17ClS/c1-2-3-4-5-7-11-10-16-13-9-6-8-12(15)14(11)13/h6,8-10H,2-5,7H2,1H3. The maximum atomic E-state index is 6.25. The molecule has 2 heteroatoms. The minimum atomic E-state index is 0.907.